The molecule has 1 saturated heterocycles. The highest BCUT2D eigenvalue weighted by molar-refractivity contribution is 5.89. The zero-order valence-corrected chi connectivity index (χ0v) is 16.7. The number of hydrogen-bond acceptors (Lipinski definition) is 3. The zero-order valence-electron chi connectivity index (χ0n) is 16.7. The molecule has 1 aliphatic heterocycles. The maximum atomic E-state index is 12.2. The summed E-state index contributed by atoms with van der Waals surface area (Å²) in [5, 5.41) is 6.24. The number of aryl methyl sites for hydroxylation is 2. The third-order valence-electron chi connectivity index (χ3n) is 4.98. The molecule has 28 heavy (non-hydrogen) atoms. The average Bonchev–Trinajstić information content (AvgIpc) is 2.72. The standard InChI is InChI=1S/C23H31N3O2/c1-19-6-5-8-22(18-19)28-17-4-2-3-7-20-9-11-21(12-10-20)25-23(27)26-15-13-24-14-16-26/h5-6,8-12,18,24H,2-4,7,13-17H2,1H3,(H,25,27). The number of carbonyl (C=O) groups excluding carboxylic acids is 1. The summed E-state index contributed by atoms with van der Waals surface area (Å²) in [4.78, 5) is 14.1. The minimum absolute atomic E-state index is 0.0112. The predicted molar refractivity (Wildman–Crippen MR) is 114 cm³/mol. The van der Waals surface area contributed by atoms with Crippen molar-refractivity contribution in [3.05, 3.63) is 59.7 Å². The molecule has 2 amide bonds. The number of unbranched alkanes of at least 4 members (excludes halogenated alkanes) is 2. The lowest BCUT2D eigenvalue weighted by molar-refractivity contribution is 0.204. The summed E-state index contributed by atoms with van der Waals surface area (Å²) in [6.07, 6.45) is 4.40. The summed E-state index contributed by atoms with van der Waals surface area (Å²) in [7, 11) is 0. The van der Waals surface area contributed by atoms with Crippen molar-refractivity contribution in [1.29, 1.82) is 0 Å². The minimum Gasteiger partial charge on any atom is -0.494 e. The van der Waals surface area contributed by atoms with E-state index in [9.17, 15) is 4.79 Å². The first kappa shape index (κ1) is 20.2. The van der Waals surface area contributed by atoms with Gasteiger partial charge in [-0.05, 0) is 68.0 Å². The van der Waals surface area contributed by atoms with Crippen molar-refractivity contribution in [1.82, 2.24) is 10.2 Å². The van der Waals surface area contributed by atoms with E-state index in [0.29, 0.717) is 0 Å². The molecule has 5 nitrogen and oxygen atoms in total. The van der Waals surface area contributed by atoms with Crippen LogP contribution in [0, 0.1) is 6.92 Å². The minimum atomic E-state index is -0.0112. The molecule has 1 fully saturated rings. The quantitative estimate of drug-likeness (QED) is 0.673. The van der Waals surface area contributed by atoms with Crippen LogP contribution in [0.4, 0.5) is 10.5 Å². The number of amides is 2. The second-order valence-corrected chi connectivity index (χ2v) is 7.34. The molecule has 1 heterocycles. The van der Waals surface area contributed by atoms with Crippen LogP contribution < -0.4 is 15.4 Å². The number of rotatable bonds is 8. The molecule has 1 aliphatic rings. The molecule has 0 saturated carbocycles. The van der Waals surface area contributed by atoms with Crippen molar-refractivity contribution >= 4 is 11.7 Å². The topological polar surface area (TPSA) is 53.6 Å². The van der Waals surface area contributed by atoms with Crippen molar-refractivity contribution < 1.29 is 9.53 Å². The first-order chi connectivity index (χ1) is 13.7. The van der Waals surface area contributed by atoms with Gasteiger partial charge < -0.3 is 20.3 Å². The lowest BCUT2D eigenvalue weighted by Crippen LogP contribution is -2.48. The van der Waals surface area contributed by atoms with Crippen molar-refractivity contribution in [2.24, 2.45) is 0 Å². The van der Waals surface area contributed by atoms with E-state index in [1.54, 1.807) is 0 Å². The SMILES string of the molecule is Cc1cccc(OCCCCCc2ccc(NC(=O)N3CCNCC3)cc2)c1. The molecule has 3 rings (SSSR count). The van der Waals surface area contributed by atoms with E-state index in [1.807, 2.05) is 29.2 Å². The van der Waals surface area contributed by atoms with Gasteiger partial charge in [-0.3, -0.25) is 0 Å². The van der Waals surface area contributed by atoms with E-state index >= 15 is 0 Å². The first-order valence-corrected chi connectivity index (χ1v) is 10.3. The summed E-state index contributed by atoms with van der Waals surface area (Å²) in [6.45, 7) is 6.09. The van der Waals surface area contributed by atoms with Crippen molar-refractivity contribution in [2.45, 2.75) is 32.6 Å². The fourth-order valence-corrected chi connectivity index (χ4v) is 3.33. The number of piperazine rings is 1. The van der Waals surface area contributed by atoms with E-state index in [1.165, 1.54) is 11.1 Å². The molecule has 2 N–H and O–H groups in total. The Morgan fingerprint density at radius 2 is 1.86 bits per heavy atom. The second kappa shape index (κ2) is 10.7. The number of urea groups is 1. The molecule has 2 aromatic carbocycles. The Morgan fingerprint density at radius 1 is 1.07 bits per heavy atom. The molecular formula is C23H31N3O2. The van der Waals surface area contributed by atoms with Gasteiger partial charge in [0.15, 0.2) is 0 Å². The molecule has 2 aromatic rings. The van der Waals surface area contributed by atoms with E-state index in [-0.39, 0.29) is 6.03 Å². The molecule has 0 unspecified atom stereocenters. The number of carbonyl (C=O) groups is 1. The van der Waals surface area contributed by atoms with E-state index < -0.39 is 0 Å². The molecular weight excluding hydrogens is 350 g/mol. The van der Waals surface area contributed by atoms with E-state index in [4.69, 9.17) is 4.74 Å². The van der Waals surface area contributed by atoms with Gasteiger partial charge >= 0.3 is 6.03 Å². The lowest BCUT2D eigenvalue weighted by atomic mass is 10.1. The first-order valence-electron chi connectivity index (χ1n) is 10.3. The molecule has 0 bridgehead atoms. The van der Waals surface area contributed by atoms with E-state index in [0.717, 1.165) is 69.9 Å². The van der Waals surface area contributed by atoms with Gasteiger partial charge in [0.1, 0.15) is 5.75 Å². The third-order valence-corrected chi connectivity index (χ3v) is 4.98. The maximum Gasteiger partial charge on any atom is 0.321 e. The lowest BCUT2D eigenvalue weighted by Gasteiger charge is -2.27. The fraction of sp³-hybridized carbons (Fsp3) is 0.435. The largest absolute Gasteiger partial charge is 0.494 e. The second-order valence-electron chi connectivity index (χ2n) is 7.34. The molecule has 5 heteroatoms. The Morgan fingerprint density at radius 3 is 2.61 bits per heavy atom. The number of nitrogens with zero attached hydrogens (tertiary/aromatic N) is 1. The Bertz CT molecular complexity index is 740. The van der Waals surface area contributed by atoms with Crippen LogP contribution in [0.3, 0.4) is 0 Å². The fourth-order valence-electron chi connectivity index (χ4n) is 3.33. The molecule has 0 aliphatic carbocycles. The van der Waals surface area contributed by atoms with Crippen molar-refractivity contribution in [3.8, 4) is 5.75 Å². The number of nitrogens with one attached hydrogen (secondary N) is 2. The van der Waals surface area contributed by atoms with Crippen LogP contribution in [0.15, 0.2) is 48.5 Å². The number of hydrogen-bond donors (Lipinski definition) is 2. The molecule has 0 atom stereocenters. The van der Waals surface area contributed by atoms with Crippen LogP contribution in [0.5, 0.6) is 5.75 Å². The smallest absolute Gasteiger partial charge is 0.321 e. The maximum absolute atomic E-state index is 12.2. The Labute approximate surface area is 168 Å². The Hall–Kier alpha value is -2.53. The summed E-state index contributed by atoms with van der Waals surface area (Å²) < 4.78 is 5.79. The predicted octanol–water partition coefficient (Wildman–Crippen LogP) is 4.22. The highest BCUT2D eigenvalue weighted by Crippen LogP contribution is 2.15. The van der Waals surface area contributed by atoms with E-state index in [2.05, 4.69) is 41.8 Å². The average molecular weight is 382 g/mol. The molecule has 0 radical (unpaired) electrons. The van der Waals surface area contributed by atoms with Gasteiger partial charge in [0.2, 0.25) is 0 Å². The summed E-state index contributed by atoms with van der Waals surface area (Å²) in [5.74, 6) is 0.957. The normalized spacial score (nSPS) is 14.0. The van der Waals surface area contributed by atoms with Gasteiger partial charge in [-0.15, -0.1) is 0 Å². The van der Waals surface area contributed by atoms with Crippen LogP contribution >= 0.6 is 0 Å². The molecule has 150 valence electrons. The van der Waals surface area contributed by atoms with Gasteiger partial charge in [0.05, 0.1) is 6.61 Å². The highest BCUT2D eigenvalue weighted by Gasteiger charge is 2.15. The van der Waals surface area contributed by atoms with Crippen LogP contribution in [0.25, 0.3) is 0 Å². The van der Waals surface area contributed by atoms with Crippen molar-refractivity contribution in [2.75, 3.05) is 38.1 Å². The van der Waals surface area contributed by atoms with Gasteiger partial charge in [0, 0.05) is 31.9 Å². The monoisotopic (exact) mass is 381 g/mol. The van der Waals surface area contributed by atoms with Crippen LogP contribution in [-0.2, 0) is 6.42 Å². The van der Waals surface area contributed by atoms with Crippen molar-refractivity contribution in [3.63, 3.8) is 0 Å². The van der Waals surface area contributed by atoms with Crippen LogP contribution in [-0.4, -0.2) is 43.7 Å². The van der Waals surface area contributed by atoms with Gasteiger partial charge in [-0.1, -0.05) is 24.3 Å². The number of ether oxygens (including phenoxy) is 1. The Balaban J connectivity index is 1.31. The van der Waals surface area contributed by atoms with Crippen LogP contribution in [0.1, 0.15) is 30.4 Å². The van der Waals surface area contributed by atoms with Gasteiger partial charge in [0.25, 0.3) is 0 Å². The zero-order chi connectivity index (χ0) is 19.6. The van der Waals surface area contributed by atoms with Crippen LogP contribution in [0.2, 0.25) is 0 Å². The third kappa shape index (κ3) is 6.57. The molecule has 0 aromatic heterocycles. The van der Waals surface area contributed by atoms with Gasteiger partial charge in [-0.25, -0.2) is 4.79 Å². The Kier molecular flexibility index (Phi) is 7.73. The number of benzene rings is 2. The highest BCUT2D eigenvalue weighted by atomic mass is 16.5. The summed E-state index contributed by atoms with van der Waals surface area (Å²) in [6, 6.07) is 16.4. The number of anilines is 1. The van der Waals surface area contributed by atoms with Gasteiger partial charge in [-0.2, -0.15) is 0 Å². The molecule has 0 spiro atoms. The summed E-state index contributed by atoms with van der Waals surface area (Å²) in [5.41, 5.74) is 3.39. The summed E-state index contributed by atoms with van der Waals surface area (Å²) >= 11 is 0.